The van der Waals surface area contributed by atoms with Gasteiger partial charge in [-0.25, -0.2) is 4.98 Å². The van der Waals surface area contributed by atoms with Crippen molar-refractivity contribution in [1.29, 1.82) is 0 Å². The van der Waals surface area contributed by atoms with Crippen molar-refractivity contribution in [2.75, 3.05) is 53.7 Å². The summed E-state index contributed by atoms with van der Waals surface area (Å²) < 4.78 is 5.69. The van der Waals surface area contributed by atoms with E-state index in [1.54, 1.807) is 0 Å². The first-order valence-electron chi connectivity index (χ1n) is 13.0. The number of hydrogen-bond donors (Lipinski definition) is 1. The third kappa shape index (κ3) is 5.46. The number of rotatable bonds is 6. The number of nitrogens with one attached hydrogen (secondary N) is 1. The van der Waals surface area contributed by atoms with Gasteiger partial charge in [0.25, 0.3) is 5.91 Å². The van der Waals surface area contributed by atoms with Gasteiger partial charge in [0.1, 0.15) is 11.6 Å². The van der Waals surface area contributed by atoms with Crippen molar-refractivity contribution < 1.29 is 9.53 Å². The summed E-state index contributed by atoms with van der Waals surface area (Å²) in [6, 6.07) is 8.43. The molecule has 1 amide bonds. The Bertz CT molecular complexity index is 1090. The zero-order valence-corrected chi connectivity index (χ0v) is 22.3. The number of morpholine rings is 1. The number of benzene rings is 1. The standard InChI is InChI=1S/C28H38N4O2S/c1-5-35-22-16-20(3)26(23(17-22)31-10-8-28(6-7-28)9-11-31)27(33)30-24-14-19(2)15-25(29-24)32-12-13-34-21(4)18-32/h14-17,21H,5-13,18H2,1-4H3,(H,29,30,33)/t21-/m1/s1. The van der Waals surface area contributed by atoms with Crippen molar-refractivity contribution in [1.82, 2.24) is 4.98 Å². The highest BCUT2D eigenvalue weighted by Crippen LogP contribution is 2.54. The Kier molecular flexibility index (Phi) is 6.99. The van der Waals surface area contributed by atoms with Crippen molar-refractivity contribution in [3.05, 3.63) is 41.0 Å². The number of hydrogen-bond acceptors (Lipinski definition) is 6. The van der Waals surface area contributed by atoms with Crippen LogP contribution < -0.4 is 15.1 Å². The zero-order valence-electron chi connectivity index (χ0n) is 21.5. The van der Waals surface area contributed by atoms with Crippen LogP contribution in [0, 0.1) is 19.3 Å². The third-order valence-corrected chi connectivity index (χ3v) is 8.57. The Hall–Kier alpha value is -2.25. The first kappa shape index (κ1) is 24.4. The smallest absolute Gasteiger partial charge is 0.259 e. The van der Waals surface area contributed by atoms with Crippen LogP contribution in [0.5, 0.6) is 0 Å². The highest BCUT2D eigenvalue weighted by atomic mass is 32.2. The predicted molar refractivity (Wildman–Crippen MR) is 145 cm³/mol. The molecule has 1 spiro atoms. The van der Waals surface area contributed by atoms with E-state index in [4.69, 9.17) is 9.72 Å². The maximum absolute atomic E-state index is 13.7. The lowest BCUT2D eigenvalue weighted by Gasteiger charge is -2.35. The van der Waals surface area contributed by atoms with Gasteiger partial charge in [0, 0.05) is 31.1 Å². The molecule has 5 rings (SSSR count). The van der Waals surface area contributed by atoms with Gasteiger partial charge in [-0.2, -0.15) is 0 Å². The number of carbonyl (C=O) groups is 1. The predicted octanol–water partition coefficient (Wildman–Crippen LogP) is 5.67. The van der Waals surface area contributed by atoms with Crippen LogP contribution in [0.2, 0.25) is 0 Å². The fourth-order valence-electron chi connectivity index (χ4n) is 5.51. The van der Waals surface area contributed by atoms with E-state index in [1.165, 1.54) is 30.6 Å². The van der Waals surface area contributed by atoms with E-state index in [1.807, 2.05) is 17.8 Å². The average molecular weight is 495 g/mol. The summed E-state index contributed by atoms with van der Waals surface area (Å²) in [6.45, 7) is 12.7. The van der Waals surface area contributed by atoms with Crippen LogP contribution in [-0.2, 0) is 4.74 Å². The number of carbonyl (C=O) groups excluding carboxylic acids is 1. The van der Waals surface area contributed by atoms with Gasteiger partial charge in [-0.1, -0.05) is 6.92 Å². The molecule has 3 fully saturated rings. The second kappa shape index (κ2) is 10.0. The molecule has 1 saturated carbocycles. The second-order valence-electron chi connectivity index (χ2n) is 10.5. The first-order chi connectivity index (χ1) is 16.9. The van der Waals surface area contributed by atoms with E-state index in [9.17, 15) is 4.79 Å². The molecule has 1 N–H and O–H groups in total. The van der Waals surface area contributed by atoms with E-state index >= 15 is 0 Å². The fourth-order valence-corrected chi connectivity index (χ4v) is 6.30. The van der Waals surface area contributed by atoms with Gasteiger partial charge in [0.05, 0.1) is 24.0 Å². The van der Waals surface area contributed by atoms with Crippen LogP contribution in [-0.4, -0.2) is 55.5 Å². The van der Waals surface area contributed by atoms with Crippen LogP contribution in [0.1, 0.15) is 61.0 Å². The highest BCUT2D eigenvalue weighted by molar-refractivity contribution is 7.99. The largest absolute Gasteiger partial charge is 0.375 e. The summed E-state index contributed by atoms with van der Waals surface area (Å²) in [6.07, 6.45) is 5.40. The van der Waals surface area contributed by atoms with Gasteiger partial charge in [0.15, 0.2) is 0 Å². The van der Waals surface area contributed by atoms with Gasteiger partial charge >= 0.3 is 0 Å². The van der Waals surface area contributed by atoms with E-state index in [-0.39, 0.29) is 12.0 Å². The molecule has 0 bridgehead atoms. The van der Waals surface area contributed by atoms with E-state index in [0.29, 0.717) is 17.8 Å². The van der Waals surface area contributed by atoms with Gasteiger partial charge < -0.3 is 19.9 Å². The molecule has 0 radical (unpaired) electrons. The van der Waals surface area contributed by atoms with E-state index in [0.717, 1.165) is 60.1 Å². The molecule has 1 aliphatic carbocycles. The summed E-state index contributed by atoms with van der Waals surface area (Å²) in [7, 11) is 0. The van der Waals surface area contributed by atoms with Crippen molar-refractivity contribution in [2.45, 2.75) is 64.4 Å². The molecule has 2 saturated heterocycles. The van der Waals surface area contributed by atoms with Crippen LogP contribution in [0.15, 0.2) is 29.2 Å². The Morgan fingerprint density at radius 3 is 2.57 bits per heavy atom. The minimum Gasteiger partial charge on any atom is -0.375 e. The molecule has 3 heterocycles. The van der Waals surface area contributed by atoms with Crippen molar-refractivity contribution in [3.8, 4) is 0 Å². The Labute approximate surface area is 213 Å². The van der Waals surface area contributed by atoms with Crippen LogP contribution in [0.4, 0.5) is 17.3 Å². The molecular weight excluding hydrogens is 456 g/mol. The second-order valence-corrected chi connectivity index (χ2v) is 11.9. The zero-order chi connectivity index (χ0) is 24.6. The Morgan fingerprint density at radius 1 is 1.11 bits per heavy atom. The number of thioether (sulfide) groups is 1. The van der Waals surface area contributed by atoms with Gasteiger partial charge in [-0.3, -0.25) is 4.79 Å². The normalized spacial score (nSPS) is 21.3. The van der Waals surface area contributed by atoms with E-state index in [2.05, 4.69) is 61.0 Å². The summed E-state index contributed by atoms with van der Waals surface area (Å²) in [5, 5.41) is 3.15. The summed E-state index contributed by atoms with van der Waals surface area (Å²) in [5.74, 6) is 2.45. The monoisotopic (exact) mass is 494 g/mol. The summed E-state index contributed by atoms with van der Waals surface area (Å²) in [4.78, 5) is 24.5. The Balaban J connectivity index is 1.42. The molecule has 2 aliphatic heterocycles. The van der Waals surface area contributed by atoms with Crippen LogP contribution in [0.3, 0.4) is 0 Å². The lowest BCUT2D eigenvalue weighted by atomic mass is 9.92. The molecule has 3 aliphatic rings. The Morgan fingerprint density at radius 2 is 1.89 bits per heavy atom. The minimum atomic E-state index is -0.0725. The van der Waals surface area contributed by atoms with Gasteiger partial charge in [-0.15, -0.1) is 11.8 Å². The summed E-state index contributed by atoms with van der Waals surface area (Å²) >= 11 is 1.84. The molecule has 2 aromatic rings. The highest BCUT2D eigenvalue weighted by Gasteiger charge is 2.44. The molecule has 1 aromatic carbocycles. The molecule has 0 unspecified atom stereocenters. The molecule has 6 nitrogen and oxygen atoms in total. The maximum Gasteiger partial charge on any atom is 0.259 e. The summed E-state index contributed by atoms with van der Waals surface area (Å²) in [5.41, 5.74) is 4.56. The number of piperidine rings is 1. The minimum absolute atomic E-state index is 0.0725. The topological polar surface area (TPSA) is 57.7 Å². The number of aryl methyl sites for hydroxylation is 2. The number of amides is 1. The SMILES string of the molecule is CCSc1cc(C)c(C(=O)Nc2cc(C)cc(N3CCO[C@H](C)C3)n2)c(N2CCC3(CC2)CC3)c1. The quantitative estimate of drug-likeness (QED) is 0.522. The first-order valence-corrected chi connectivity index (χ1v) is 14.0. The molecule has 1 aromatic heterocycles. The number of anilines is 3. The average Bonchev–Trinajstić information content (AvgIpc) is 3.57. The number of pyridine rings is 1. The molecular formula is C28H38N4O2S. The molecule has 35 heavy (non-hydrogen) atoms. The fraction of sp³-hybridized carbons (Fsp3) is 0.571. The van der Waals surface area contributed by atoms with Crippen molar-refractivity contribution in [3.63, 3.8) is 0 Å². The van der Waals surface area contributed by atoms with E-state index < -0.39 is 0 Å². The molecule has 1 atom stereocenters. The molecule has 188 valence electrons. The lowest BCUT2D eigenvalue weighted by molar-refractivity contribution is 0.0529. The lowest BCUT2D eigenvalue weighted by Crippen LogP contribution is -2.41. The van der Waals surface area contributed by atoms with Crippen molar-refractivity contribution >= 4 is 35.0 Å². The van der Waals surface area contributed by atoms with Crippen LogP contribution in [0.25, 0.3) is 0 Å². The van der Waals surface area contributed by atoms with Crippen LogP contribution >= 0.6 is 11.8 Å². The molecule has 7 heteroatoms. The number of ether oxygens (including phenoxy) is 1. The van der Waals surface area contributed by atoms with Crippen molar-refractivity contribution in [2.24, 2.45) is 5.41 Å². The third-order valence-electron chi connectivity index (χ3n) is 7.71. The number of nitrogens with zero attached hydrogens (tertiary/aromatic N) is 3. The maximum atomic E-state index is 13.7. The number of aromatic nitrogens is 1. The van der Waals surface area contributed by atoms with Gasteiger partial charge in [-0.05, 0) is 93.0 Å². The van der Waals surface area contributed by atoms with Gasteiger partial charge in [0.2, 0.25) is 0 Å².